The van der Waals surface area contributed by atoms with E-state index in [1.165, 1.54) is 27.8 Å². The smallest absolute Gasteiger partial charge is 0.328 e. The molecule has 0 unspecified atom stereocenters. The minimum absolute atomic E-state index is 0.213. The van der Waals surface area contributed by atoms with Gasteiger partial charge < -0.3 is 34.1 Å². The average Bonchev–Trinajstić information content (AvgIpc) is 3.30. The van der Waals surface area contributed by atoms with Crippen LogP contribution in [0.5, 0.6) is 23.0 Å². The Balaban J connectivity index is 0.000000579. The first-order valence-corrected chi connectivity index (χ1v) is 15.8. The molecule has 1 atom stereocenters. The molecule has 2 N–H and O–H groups in total. The highest BCUT2D eigenvalue weighted by molar-refractivity contribution is 5.89. The number of benzene rings is 3. The van der Waals surface area contributed by atoms with Gasteiger partial charge in [-0.15, -0.1) is 0 Å². The third kappa shape index (κ3) is 9.51. The van der Waals surface area contributed by atoms with E-state index >= 15 is 0 Å². The van der Waals surface area contributed by atoms with Gasteiger partial charge in [-0.2, -0.15) is 0 Å². The van der Waals surface area contributed by atoms with Crippen LogP contribution >= 0.6 is 0 Å². The van der Waals surface area contributed by atoms with Crippen LogP contribution in [0.3, 0.4) is 0 Å². The number of ether oxygens (including phenoxy) is 4. The van der Waals surface area contributed by atoms with Gasteiger partial charge >= 0.3 is 11.9 Å². The first-order chi connectivity index (χ1) is 23.1. The van der Waals surface area contributed by atoms with Crippen molar-refractivity contribution in [1.29, 1.82) is 0 Å². The number of methoxy groups -OCH3 is 4. The Morgan fingerprint density at radius 1 is 0.771 bits per heavy atom. The van der Waals surface area contributed by atoms with E-state index in [0.717, 1.165) is 75.0 Å². The summed E-state index contributed by atoms with van der Waals surface area (Å²) < 4.78 is 22.0. The number of aliphatic carboxylic acids is 2. The number of carbonyl (C=O) groups excluding carboxylic acids is 1. The van der Waals surface area contributed by atoms with Crippen molar-refractivity contribution >= 4 is 17.8 Å². The molecule has 0 aromatic heterocycles. The molecule has 1 aliphatic carbocycles. The summed E-state index contributed by atoms with van der Waals surface area (Å²) in [5.74, 6) is 1.14. The second kappa shape index (κ2) is 17.2. The van der Waals surface area contributed by atoms with Crippen molar-refractivity contribution in [2.75, 3.05) is 54.6 Å². The summed E-state index contributed by atoms with van der Waals surface area (Å²) >= 11 is 0. The fourth-order valence-corrected chi connectivity index (χ4v) is 6.14. The van der Waals surface area contributed by atoms with Gasteiger partial charge in [0, 0.05) is 57.2 Å². The van der Waals surface area contributed by atoms with E-state index in [4.69, 9.17) is 29.2 Å². The third-order valence-electron chi connectivity index (χ3n) is 8.65. The van der Waals surface area contributed by atoms with Gasteiger partial charge in [0.1, 0.15) is 0 Å². The van der Waals surface area contributed by atoms with Gasteiger partial charge in [0.25, 0.3) is 0 Å². The lowest BCUT2D eigenvalue weighted by Gasteiger charge is -2.36. The van der Waals surface area contributed by atoms with Gasteiger partial charge in [0.05, 0.1) is 28.4 Å². The van der Waals surface area contributed by atoms with Crippen LogP contribution in [0.15, 0.2) is 66.7 Å². The highest BCUT2D eigenvalue weighted by Crippen LogP contribution is 2.43. The maximum atomic E-state index is 13.4. The zero-order valence-corrected chi connectivity index (χ0v) is 27.9. The summed E-state index contributed by atoms with van der Waals surface area (Å²) in [6.45, 7) is 3.88. The summed E-state index contributed by atoms with van der Waals surface area (Å²) in [6.07, 6.45) is 4.26. The van der Waals surface area contributed by atoms with Crippen molar-refractivity contribution in [3.8, 4) is 23.0 Å². The molecule has 256 valence electrons. The molecule has 11 nitrogen and oxygen atoms in total. The third-order valence-corrected chi connectivity index (χ3v) is 8.65. The Morgan fingerprint density at radius 2 is 1.27 bits per heavy atom. The van der Waals surface area contributed by atoms with Gasteiger partial charge in [0.15, 0.2) is 23.0 Å². The summed E-state index contributed by atoms with van der Waals surface area (Å²) in [4.78, 5) is 37.0. The van der Waals surface area contributed by atoms with Crippen LogP contribution in [-0.4, -0.2) is 92.5 Å². The molecule has 0 fully saturated rings. The van der Waals surface area contributed by atoms with Crippen LogP contribution < -0.4 is 18.9 Å². The van der Waals surface area contributed by atoms with Crippen molar-refractivity contribution < 1.29 is 43.5 Å². The zero-order valence-electron chi connectivity index (χ0n) is 27.9. The summed E-state index contributed by atoms with van der Waals surface area (Å²) in [5, 5.41) is 15.6. The van der Waals surface area contributed by atoms with Crippen LogP contribution in [0.4, 0.5) is 0 Å². The van der Waals surface area contributed by atoms with Crippen LogP contribution in [0.2, 0.25) is 0 Å². The first-order valence-electron chi connectivity index (χ1n) is 15.8. The Hall–Kier alpha value is -5.03. The number of rotatable bonds is 13. The van der Waals surface area contributed by atoms with E-state index in [2.05, 4.69) is 53.4 Å². The molecule has 1 amide bonds. The van der Waals surface area contributed by atoms with Crippen LogP contribution in [-0.2, 0) is 40.2 Å². The van der Waals surface area contributed by atoms with Gasteiger partial charge in [0.2, 0.25) is 5.91 Å². The minimum atomic E-state index is -1.26. The van der Waals surface area contributed by atoms with Crippen molar-refractivity contribution in [3.05, 3.63) is 94.6 Å². The van der Waals surface area contributed by atoms with Crippen molar-refractivity contribution in [1.82, 2.24) is 9.80 Å². The Bertz CT molecular complexity index is 1560. The van der Waals surface area contributed by atoms with Crippen molar-refractivity contribution in [3.63, 3.8) is 0 Å². The van der Waals surface area contributed by atoms with Gasteiger partial charge in [-0.3, -0.25) is 9.69 Å². The van der Waals surface area contributed by atoms with Crippen LogP contribution in [0, 0.1) is 0 Å². The molecule has 2 aliphatic rings. The number of carboxylic acid groups (broad SMARTS) is 2. The number of carboxylic acids is 2. The normalized spacial score (nSPS) is 14.9. The lowest BCUT2D eigenvalue weighted by atomic mass is 9.77. The van der Waals surface area contributed by atoms with E-state index in [9.17, 15) is 14.4 Å². The van der Waals surface area contributed by atoms with E-state index in [1.54, 1.807) is 28.4 Å². The molecule has 0 spiro atoms. The summed E-state index contributed by atoms with van der Waals surface area (Å²) in [7, 11) is 6.68. The second-order valence-corrected chi connectivity index (χ2v) is 11.6. The van der Waals surface area contributed by atoms with Crippen LogP contribution in [0.1, 0.15) is 40.2 Å². The minimum Gasteiger partial charge on any atom is -0.493 e. The van der Waals surface area contributed by atoms with E-state index in [1.807, 2.05) is 11.0 Å². The largest absolute Gasteiger partial charge is 0.493 e. The Morgan fingerprint density at radius 3 is 1.77 bits per heavy atom. The number of hydrogen-bond acceptors (Lipinski definition) is 8. The highest BCUT2D eigenvalue weighted by atomic mass is 16.5. The molecule has 0 saturated carbocycles. The molecular weight excluding hydrogens is 616 g/mol. The maximum absolute atomic E-state index is 13.4. The highest BCUT2D eigenvalue weighted by Gasteiger charge is 2.30. The quantitative estimate of drug-likeness (QED) is 0.251. The predicted molar refractivity (Wildman–Crippen MR) is 180 cm³/mol. The lowest BCUT2D eigenvalue weighted by Crippen LogP contribution is -2.38. The lowest BCUT2D eigenvalue weighted by molar-refractivity contribution is -0.134. The van der Waals surface area contributed by atoms with Gasteiger partial charge in [-0.25, -0.2) is 9.59 Å². The van der Waals surface area contributed by atoms with E-state index in [0.29, 0.717) is 24.5 Å². The van der Waals surface area contributed by atoms with Crippen molar-refractivity contribution in [2.24, 2.45) is 0 Å². The molecule has 0 radical (unpaired) electrons. The number of fused-ring (bicyclic) bond motifs is 2. The number of carbonyl (C=O) groups is 3. The molecule has 3 aromatic carbocycles. The van der Waals surface area contributed by atoms with E-state index in [-0.39, 0.29) is 5.91 Å². The molecule has 5 rings (SSSR count). The first kappa shape index (κ1) is 35.8. The second-order valence-electron chi connectivity index (χ2n) is 11.6. The average molecular weight is 661 g/mol. The molecular formula is C37H44N2O9. The molecule has 0 bridgehead atoms. The molecule has 0 saturated heterocycles. The fourth-order valence-electron chi connectivity index (χ4n) is 6.14. The molecule has 1 heterocycles. The Kier molecular flexibility index (Phi) is 12.8. The zero-order chi connectivity index (χ0) is 34.6. The van der Waals surface area contributed by atoms with Crippen molar-refractivity contribution in [2.45, 2.75) is 38.1 Å². The Labute approximate surface area is 281 Å². The molecule has 1 aliphatic heterocycles. The predicted octanol–water partition coefficient (Wildman–Crippen LogP) is 4.59. The number of nitrogens with zero attached hydrogens (tertiary/aromatic N) is 2. The number of amides is 1. The number of hydrogen-bond donors (Lipinski definition) is 2. The SMILES string of the molecule is COc1cc2c(cc1OC)CCN(C(=O)CCN(Cc1ccccc1)C[C@H]1Cc3cc(OC)c(OC)cc31)CC2.O=C(O)C=CC(=O)O. The van der Waals surface area contributed by atoms with Gasteiger partial charge in [-0.1, -0.05) is 30.3 Å². The topological polar surface area (TPSA) is 135 Å². The molecule has 3 aromatic rings. The summed E-state index contributed by atoms with van der Waals surface area (Å²) in [6, 6.07) is 18.8. The van der Waals surface area contributed by atoms with E-state index < -0.39 is 11.9 Å². The standard InChI is InChI=1S/C33H40N2O5.C4H4O4/c1-37-29-17-24-10-14-35(15-11-25(24)18-30(29)38-2)33(36)12-13-34(21-23-8-6-5-7-9-23)22-27-16-26-19-31(39-3)32(40-4)20-28(26)27;5-3(6)1-2-4(7)8/h5-9,17-20,27H,10-16,21-22H2,1-4H3;1-2H,(H,5,6)(H,7,8)/t27-;/m1./s1. The van der Waals surface area contributed by atoms with Crippen LogP contribution in [0.25, 0.3) is 0 Å². The summed E-state index contributed by atoms with van der Waals surface area (Å²) in [5.41, 5.74) is 6.35. The van der Waals surface area contributed by atoms with Gasteiger partial charge in [-0.05, 0) is 71.3 Å². The monoisotopic (exact) mass is 660 g/mol. The fraction of sp³-hybridized carbons (Fsp3) is 0.378. The maximum Gasteiger partial charge on any atom is 0.328 e. The molecule has 11 heteroatoms. The molecule has 48 heavy (non-hydrogen) atoms.